The van der Waals surface area contributed by atoms with Crippen LogP contribution in [0, 0.1) is 0 Å². The van der Waals surface area contributed by atoms with E-state index in [2.05, 4.69) is 15.3 Å². The Labute approximate surface area is 168 Å². The van der Waals surface area contributed by atoms with E-state index in [1.165, 1.54) is 11.3 Å². The lowest BCUT2D eigenvalue weighted by Gasteiger charge is -2.12. The minimum Gasteiger partial charge on any atom is -0.448 e. The van der Waals surface area contributed by atoms with Gasteiger partial charge in [0.2, 0.25) is 0 Å². The van der Waals surface area contributed by atoms with Gasteiger partial charge in [-0.2, -0.15) is 5.10 Å². The van der Waals surface area contributed by atoms with Gasteiger partial charge in [0.05, 0.1) is 23.4 Å². The molecule has 3 heterocycles. The van der Waals surface area contributed by atoms with Gasteiger partial charge in [-0.1, -0.05) is 24.3 Å². The predicted octanol–water partition coefficient (Wildman–Crippen LogP) is 2.42. The lowest BCUT2D eigenvalue weighted by molar-refractivity contribution is 0.0272. The van der Waals surface area contributed by atoms with Gasteiger partial charge in [-0.15, -0.1) is 21.5 Å². The summed E-state index contributed by atoms with van der Waals surface area (Å²) in [5, 5.41) is 23.8. The van der Waals surface area contributed by atoms with Crippen molar-refractivity contribution in [1.29, 1.82) is 0 Å². The fraction of sp³-hybridized carbons (Fsp3) is 0.211. The van der Waals surface area contributed by atoms with Gasteiger partial charge >= 0.3 is 5.97 Å². The fourth-order valence-corrected chi connectivity index (χ4v) is 3.44. The molecular formula is C19H16N4O5S. The zero-order chi connectivity index (χ0) is 20.4. The molecule has 148 valence electrons. The van der Waals surface area contributed by atoms with Crippen molar-refractivity contribution >= 4 is 28.1 Å². The highest BCUT2D eigenvalue weighted by atomic mass is 32.1. The minimum absolute atomic E-state index is 0.0292. The first kappa shape index (κ1) is 19.0. The number of hydrogen-bond acceptors (Lipinski definition) is 9. The van der Waals surface area contributed by atoms with E-state index in [9.17, 15) is 14.7 Å². The second-order valence-electron chi connectivity index (χ2n) is 6.12. The Balaban J connectivity index is 1.64. The van der Waals surface area contributed by atoms with Gasteiger partial charge in [-0.25, -0.2) is 9.48 Å². The number of aromatic nitrogens is 4. The molecule has 1 aromatic carbocycles. The average molecular weight is 412 g/mol. The number of hydrogen-bond donors (Lipinski definition) is 1. The highest BCUT2D eigenvalue weighted by Crippen LogP contribution is 2.26. The van der Waals surface area contributed by atoms with E-state index in [0.29, 0.717) is 16.7 Å². The number of aliphatic hydroxyl groups excluding tert-OH is 1. The van der Waals surface area contributed by atoms with Gasteiger partial charge in [-0.05, 0) is 24.4 Å². The first-order valence-corrected chi connectivity index (χ1v) is 9.65. The van der Waals surface area contributed by atoms with Gasteiger partial charge < -0.3 is 14.3 Å². The maximum Gasteiger partial charge on any atom is 0.360 e. The first-order valence-electron chi connectivity index (χ1n) is 8.77. The summed E-state index contributed by atoms with van der Waals surface area (Å²) in [5.74, 6) is -0.246. The predicted molar refractivity (Wildman–Crippen MR) is 105 cm³/mol. The molecule has 4 rings (SSSR count). The first-order chi connectivity index (χ1) is 14.1. The van der Waals surface area contributed by atoms with Crippen LogP contribution >= 0.6 is 11.3 Å². The Morgan fingerprint density at radius 1 is 1.24 bits per heavy atom. The number of rotatable bonds is 6. The molecule has 4 aromatic rings. The standard InChI is InChI=1S/C19H16N4O5S/c1-11(16-20-21-17(28-16)14-7-4-10-29-14)27-19(26)15-12-5-2-3-6-13(12)18(25)23(22-15)8-9-24/h2-7,10-11,24H,8-9H2,1H3/t11-/m1/s1. The van der Waals surface area contributed by atoms with Crippen molar-refractivity contribution in [2.45, 2.75) is 19.6 Å². The van der Waals surface area contributed by atoms with Crippen LogP contribution in [0.3, 0.4) is 0 Å². The van der Waals surface area contributed by atoms with Gasteiger partial charge in [0.15, 0.2) is 11.8 Å². The summed E-state index contributed by atoms with van der Waals surface area (Å²) < 4.78 is 12.1. The molecule has 0 aliphatic rings. The van der Waals surface area contributed by atoms with Crippen molar-refractivity contribution in [3.63, 3.8) is 0 Å². The van der Waals surface area contributed by atoms with Crippen molar-refractivity contribution < 1.29 is 19.1 Å². The second kappa shape index (κ2) is 7.94. The van der Waals surface area contributed by atoms with E-state index in [4.69, 9.17) is 9.15 Å². The largest absolute Gasteiger partial charge is 0.448 e. The molecule has 3 aromatic heterocycles. The third-order valence-corrected chi connectivity index (χ3v) is 5.03. The number of ether oxygens (including phenoxy) is 1. The summed E-state index contributed by atoms with van der Waals surface area (Å²) in [6, 6.07) is 10.3. The molecular weight excluding hydrogens is 396 g/mol. The Hall–Kier alpha value is -3.37. The third-order valence-electron chi connectivity index (χ3n) is 4.18. The second-order valence-corrected chi connectivity index (χ2v) is 7.06. The van der Waals surface area contributed by atoms with Crippen molar-refractivity contribution in [2.75, 3.05) is 6.61 Å². The number of esters is 1. The highest BCUT2D eigenvalue weighted by Gasteiger charge is 2.24. The number of fused-ring (bicyclic) bond motifs is 1. The number of nitrogens with zero attached hydrogens (tertiary/aromatic N) is 4. The number of carbonyl (C=O) groups excluding carboxylic acids is 1. The highest BCUT2D eigenvalue weighted by molar-refractivity contribution is 7.13. The molecule has 0 spiro atoms. The van der Waals surface area contributed by atoms with Crippen LogP contribution in [0.25, 0.3) is 21.5 Å². The maximum atomic E-state index is 12.8. The monoisotopic (exact) mass is 412 g/mol. The van der Waals surface area contributed by atoms with Gasteiger partial charge in [0, 0.05) is 5.39 Å². The topological polar surface area (TPSA) is 120 Å². The van der Waals surface area contributed by atoms with Crippen molar-refractivity contribution in [1.82, 2.24) is 20.0 Å². The molecule has 0 aliphatic heterocycles. The minimum atomic E-state index is -0.817. The van der Waals surface area contributed by atoms with Crippen molar-refractivity contribution in [3.8, 4) is 10.8 Å². The van der Waals surface area contributed by atoms with Crippen molar-refractivity contribution in [3.05, 3.63) is 63.7 Å². The molecule has 29 heavy (non-hydrogen) atoms. The summed E-state index contributed by atoms with van der Waals surface area (Å²) in [6.45, 7) is 1.28. The number of benzene rings is 1. The Kier molecular flexibility index (Phi) is 5.19. The molecule has 0 saturated carbocycles. The normalized spacial score (nSPS) is 12.2. The molecule has 1 atom stereocenters. The molecule has 0 saturated heterocycles. The van der Waals surface area contributed by atoms with Crippen LogP contribution in [-0.4, -0.2) is 37.7 Å². The van der Waals surface area contributed by atoms with Crippen LogP contribution in [0.15, 0.2) is 51.0 Å². The van der Waals surface area contributed by atoms with Crippen LogP contribution < -0.4 is 5.56 Å². The number of carbonyl (C=O) groups is 1. The van der Waals surface area contributed by atoms with Crippen LogP contribution in [0.5, 0.6) is 0 Å². The molecule has 9 nitrogen and oxygen atoms in total. The van der Waals surface area contributed by atoms with E-state index in [1.807, 2.05) is 17.5 Å². The molecule has 0 aliphatic carbocycles. The summed E-state index contributed by atoms with van der Waals surface area (Å²) >= 11 is 1.45. The molecule has 10 heteroatoms. The van der Waals surface area contributed by atoms with E-state index >= 15 is 0 Å². The van der Waals surface area contributed by atoms with Crippen LogP contribution in [0.4, 0.5) is 0 Å². The maximum absolute atomic E-state index is 12.8. The van der Waals surface area contributed by atoms with Gasteiger partial charge in [0.25, 0.3) is 17.3 Å². The molecule has 0 radical (unpaired) electrons. The molecule has 1 N–H and O–H groups in total. The average Bonchev–Trinajstić information content (AvgIpc) is 3.42. The van der Waals surface area contributed by atoms with Crippen LogP contribution in [0.1, 0.15) is 29.4 Å². The van der Waals surface area contributed by atoms with E-state index in [-0.39, 0.29) is 24.7 Å². The number of aliphatic hydroxyl groups is 1. The molecule has 0 unspecified atom stereocenters. The third kappa shape index (κ3) is 3.67. The molecule has 0 fully saturated rings. The lowest BCUT2D eigenvalue weighted by atomic mass is 10.1. The van der Waals surface area contributed by atoms with Gasteiger partial charge in [-0.3, -0.25) is 4.79 Å². The summed E-state index contributed by atoms with van der Waals surface area (Å²) in [5.41, 5.74) is -0.421. The summed E-state index contributed by atoms with van der Waals surface area (Å²) in [4.78, 5) is 26.1. The summed E-state index contributed by atoms with van der Waals surface area (Å²) in [7, 11) is 0. The fourth-order valence-electron chi connectivity index (χ4n) is 2.80. The zero-order valence-electron chi connectivity index (χ0n) is 15.3. The van der Waals surface area contributed by atoms with E-state index in [1.54, 1.807) is 31.2 Å². The lowest BCUT2D eigenvalue weighted by Crippen LogP contribution is -2.28. The summed E-state index contributed by atoms with van der Waals surface area (Å²) in [6.07, 6.45) is -0.817. The Morgan fingerprint density at radius 3 is 2.76 bits per heavy atom. The quantitative estimate of drug-likeness (QED) is 0.479. The van der Waals surface area contributed by atoms with Crippen LogP contribution in [-0.2, 0) is 11.3 Å². The van der Waals surface area contributed by atoms with Crippen LogP contribution in [0.2, 0.25) is 0 Å². The molecule has 0 bridgehead atoms. The molecule has 0 amide bonds. The number of thiophene rings is 1. The zero-order valence-corrected chi connectivity index (χ0v) is 16.1. The Morgan fingerprint density at radius 2 is 2.03 bits per heavy atom. The smallest absolute Gasteiger partial charge is 0.360 e. The van der Waals surface area contributed by atoms with E-state index in [0.717, 1.165) is 9.56 Å². The SMILES string of the molecule is C[C@@H](OC(=O)c1nn(CCO)c(=O)c2ccccc12)c1nnc(-c2cccs2)o1. The van der Waals surface area contributed by atoms with E-state index < -0.39 is 17.6 Å². The van der Waals surface area contributed by atoms with Crippen molar-refractivity contribution in [2.24, 2.45) is 0 Å². The van der Waals surface area contributed by atoms with Gasteiger partial charge in [0.1, 0.15) is 0 Å². The Bertz CT molecular complexity index is 1220.